The lowest BCUT2D eigenvalue weighted by Gasteiger charge is -2.41. The van der Waals surface area contributed by atoms with Gasteiger partial charge in [0.15, 0.2) is 5.82 Å². The fourth-order valence-electron chi connectivity index (χ4n) is 2.87. The van der Waals surface area contributed by atoms with E-state index >= 15 is 0 Å². The number of hydrogen-bond acceptors (Lipinski definition) is 5. The van der Waals surface area contributed by atoms with Gasteiger partial charge in [-0.15, -0.1) is 0 Å². The quantitative estimate of drug-likeness (QED) is 0.833. The van der Waals surface area contributed by atoms with Gasteiger partial charge >= 0.3 is 0 Å². The molecule has 2 rings (SSSR count). The summed E-state index contributed by atoms with van der Waals surface area (Å²) in [7, 11) is 0.892. The summed E-state index contributed by atoms with van der Waals surface area (Å²) in [6.45, 7) is 8.24. The van der Waals surface area contributed by atoms with Crippen molar-refractivity contribution in [1.82, 2.24) is 9.97 Å². The molecule has 2 heterocycles. The molecule has 6 heteroatoms. The Kier molecular flexibility index (Phi) is 5.32. The number of rotatable bonds is 5. The molecule has 0 spiro atoms. The molecule has 0 amide bonds. The molecule has 1 saturated heterocycles. The average molecular weight is 311 g/mol. The molecule has 0 radical (unpaired) electrons. The fourth-order valence-corrected chi connectivity index (χ4v) is 4.63. The highest BCUT2D eigenvalue weighted by Crippen LogP contribution is 2.30. The van der Waals surface area contributed by atoms with Crippen LogP contribution in [0.3, 0.4) is 0 Å². The lowest BCUT2D eigenvalue weighted by molar-refractivity contribution is 0.177. The molecule has 1 atom stereocenters. The third-order valence-corrected chi connectivity index (χ3v) is 6.51. The van der Waals surface area contributed by atoms with Gasteiger partial charge in [0.25, 0.3) is 0 Å². The summed E-state index contributed by atoms with van der Waals surface area (Å²) in [5, 5.41) is 0. The predicted molar refractivity (Wildman–Crippen MR) is 86.0 cm³/mol. The van der Waals surface area contributed by atoms with E-state index in [1.54, 1.807) is 7.11 Å². The predicted octanol–water partition coefficient (Wildman–Crippen LogP) is 2.06. The molecule has 21 heavy (non-hydrogen) atoms. The van der Waals surface area contributed by atoms with Gasteiger partial charge in [0, 0.05) is 48.5 Å². The summed E-state index contributed by atoms with van der Waals surface area (Å²) in [4.78, 5) is 11.2. The molecule has 0 N–H and O–H groups in total. The summed E-state index contributed by atoms with van der Waals surface area (Å²) in [5.41, 5.74) is 0.942. The van der Waals surface area contributed by atoms with E-state index in [1.165, 1.54) is 0 Å². The monoisotopic (exact) mass is 311 g/mol. The van der Waals surface area contributed by atoms with Crippen LogP contribution in [0, 0.1) is 6.92 Å². The zero-order chi connectivity index (χ0) is 15.5. The molecular weight excluding hydrogens is 286 g/mol. The summed E-state index contributed by atoms with van der Waals surface area (Å²) in [6.07, 6.45) is 1.86. The van der Waals surface area contributed by atoms with Gasteiger partial charge in [0.1, 0.15) is 12.4 Å². The molecule has 0 bridgehead atoms. The molecular formula is C15H25N3O2S. The second-order valence-corrected chi connectivity index (χ2v) is 7.54. The molecule has 1 unspecified atom stereocenters. The molecule has 118 valence electrons. The van der Waals surface area contributed by atoms with Gasteiger partial charge in [-0.1, -0.05) is 13.8 Å². The van der Waals surface area contributed by atoms with E-state index in [-0.39, 0.29) is 4.75 Å². The van der Waals surface area contributed by atoms with E-state index in [2.05, 4.69) is 28.7 Å². The lowest BCUT2D eigenvalue weighted by Crippen LogP contribution is -2.53. The first-order valence-corrected chi connectivity index (χ1v) is 8.83. The van der Waals surface area contributed by atoms with Crippen LogP contribution in [0.5, 0.6) is 0 Å². The van der Waals surface area contributed by atoms with Gasteiger partial charge in [-0.3, -0.25) is 4.21 Å². The number of aromatic nitrogens is 2. The third-order valence-electron chi connectivity index (χ3n) is 4.28. The topological polar surface area (TPSA) is 55.3 Å². The highest BCUT2D eigenvalue weighted by molar-refractivity contribution is 7.86. The van der Waals surface area contributed by atoms with Gasteiger partial charge in [-0.25, -0.2) is 9.97 Å². The van der Waals surface area contributed by atoms with E-state index in [9.17, 15) is 4.21 Å². The van der Waals surface area contributed by atoms with Crippen LogP contribution in [0.25, 0.3) is 0 Å². The molecule has 5 nitrogen and oxygen atoms in total. The highest BCUT2D eigenvalue weighted by Gasteiger charge is 2.39. The van der Waals surface area contributed by atoms with Gasteiger partial charge in [-0.2, -0.15) is 0 Å². The van der Waals surface area contributed by atoms with Crippen LogP contribution in [0.1, 0.15) is 38.2 Å². The number of hydrogen-bond donors (Lipinski definition) is 0. The third kappa shape index (κ3) is 3.43. The minimum Gasteiger partial charge on any atom is -0.377 e. The smallest absolute Gasteiger partial charge is 0.156 e. The minimum atomic E-state index is -0.755. The number of aryl methyl sites for hydroxylation is 1. The largest absolute Gasteiger partial charge is 0.377 e. The van der Waals surface area contributed by atoms with Crippen molar-refractivity contribution in [3.8, 4) is 0 Å². The molecule has 1 aliphatic rings. The zero-order valence-electron chi connectivity index (χ0n) is 13.4. The van der Waals surface area contributed by atoms with Crippen LogP contribution < -0.4 is 4.90 Å². The Morgan fingerprint density at radius 3 is 2.71 bits per heavy atom. The van der Waals surface area contributed by atoms with Crippen LogP contribution in [0.15, 0.2) is 6.07 Å². The van der Waals surface area contributed by atoms with E-state index in [0.29, 0.717) is 18.2 Å². The van der Waals surface area contributed by atoms with Crippen molar-refractivity contribution in [2.75, 3.05) is 30.9 Å². The maximum absolute atomic E-state index is 12.4. The van der Waals surface area contributed by atoms with Crippen LogP contribution >= 0.6 is 0 Å². The second kappa shape index (κ2) is 6.83. The first kappa shape index (κ1) is 16.4. The first-order chi connectivity index (χ1) is 10.0. The number of anilines is 1. The van der Waals surface area contributed by atoms with E-state index in [1.807, 2.05) is 13.0 Å². The molecule has 1 aromatic heterocycles. The van der Waals surface area contributed by atoms with Crippen LogP contribution in [-0.2, 0) is 22.1 Å². The lowest BCUT2D eigenvalue weighted by atomic mass is 10.0. The average Bonchev–Trinajstić information content (AvgIpc) is 2.48. The van der Waals surface area contributed by atoms with Gasteiger partial charge in [0.2, 0.25) is 0 Å². The van der Waals surface area contributed by atoms with E-state index in [4.69, 9.17) is 4.74 Å². The molecule has 0 aromatic carbocycles. The highest BCUT2D eigenvalue weighted by atomic mass is 32.2. The minimum absolute atomic E-state index is 0.113. The number of methoxy groups -OCH3 is 1. The van der Waals surface area contributed by atoms with Gasteiger partial charge in [0.05, 0.1) is 4.75 Å². The van der Waals surface area contributed by atoms with Gasteiger partial charge in [-0.05, 0) is 19.8 Å². The van der Waals surface area contributed by atoms with Crippen molar-refractivity contribution in [2.45, 2.75) is 45.0 Å². The standard InChI is InChI=1S/C15H25N3O2S/c1-5-15(6-2)11-18(7-8-21(15)19)14-9-12(3)16-13(17-14)10-20-4/h9H,5-8,10-11H2,1-4H3. The number of ether oxygens (including phenoxy) is 1. The summed E-state index contributed by atoms with van der Waals surface area (Å²) < 4.78 is 17.4. The Hall–Kier alpha value is -1.01. The Morgan fingerprint density at radius 1 is 1.38 bits per heavy atom. The van der Waals surface area contributed by atoms with Crippen molar-refractivity contribution in [3.63, 3.8) is 0 Å². The van der Waals surface area contributed by atoms with Gasteiger partial charge < -0.3 is 9.64 Å². The van der Waals surface area contributed by atoms with Crippen molar-refractivity contribution < 1.29 is 8.95 Å². The SMILES string of the molecule is CCC1(CC)CN(c2cc(C)nc(COC)n2)CCS1=O. The maximum Gasteiger partial charge on any atom is 0.156 e. The fraction of sp³-hybridized carbons (Fsp3) is 0.733. The summed E-state index contributed by atoms with van der Waals surface area (Å²) >= 11 is 0. The van der Waals surface area contributed by atoms with Crippen LogP contribution in [0.4, 0.5) is 5.82 Å². The molecule has 0 saturated carbocycles. The van der Waals surface area contributed by atoms with Crippen molar-refractivity contribution in [2.24, 2.45) is 0 Å². The first-order valence-electron chi connectivity index (χ1n) is 7.51. The van der Waals surface area contributed by atoms with Crippen molar-refractivity contribution in [1.29, 1.82) is 0 Å². The molecule has 1 aliphatic heterocycles. The Balaban J connectivity index is 2.28. The van der Waals surface area contributed by atoms with Crippen LogP contribution in [-0.4, -0.2) is 44.9 Å². The molecule has 1 fully saturated rings. The second-order valence-electron chi connectivity index (χ2n) is 5.58. The van der Waals surface area contributed by atoms with E-state index < -0.39 is 10.8 Å². The van der Waals surface area contributed by atoms with Crippen molar-refractivity contribution in [3.05, 3.63) is 17.6 Å². The van der Waals surface area contributed by atoms with E-state index in [0.717, 1.165) is 37.4 Å². The Bertz CT molecular complexity index is 518. The number of nitrogens with zero attached hydrogens (tertiary/aromatic N) is 3. The van der Waals surface area contributed by atoms with Crippen molar-refractivity contribution >= 4 is 16.6 Å². The molecule has 1 aromatic rings. The molecule has 0 aliphatic carbocycles. The van der Waals surface area contributed by atoms with Crippen LogP contribution in [0.2, 0.25) is 0 Å². The normalized spacial score (nSPS) is 21.5. The maximum atomic E-state index is 12.4. The Morgan fingerprint density at radius 2 is 2.10 bits per heavy atom. The summed E-state index contributed by atoms with van der Waals surface area (Å²) in [6, 6.07) is 2.00. The Labute approximate surface area is 129 Å². The summed E-state index contributed by atoms with van der Waals surface area (Å²) in [5.74, 6) is 2.35. The zero-order valence-corrected chi connectivity index (χ0v) is 14.2.